The van der Waals surface area contributed by atoms with E-state index in [1.807, 2.05) is 6.92 Å². The molecule has 2 N–H and O–H groups in total. The molecule has 0 aliphatic carbocycles. The third kappa shape index (κ3) is 5.44. The van der Waals surface area contributed by atoms with Crippen LogP contribution in [-0.2, 0) is 10.0 Å². The summed E-state index contributed by atoms with van der Waals surface area (Å²) in [4.78, 5) is 0.256. The summed E-state index contributed by atoms with van der Waals surface area (Å²) in [5.74, 6) is 0. The second kappa shape index (κ2) is 7.89. The standard InChI is InChI=1S/C13H20Br2N2O2S/c1-9(2)16-5-4-6-17-20(18,19)13-8-11(14)10(3)7-12(13)15/h7-9,16-17H,4-6H2,1-3H3. The van der Waals surface area contributed by atoms with Crippen molar-refractivity contribution in [3.8, 4) is 0 Å². The number of rotatable bonds is 7. The molecule has 20 heavy (non-hydrogen) atoms. The van der Waals surface area contributed by atoms with E-state index in [1.54, 1.807) is 12.1 Å². The Morgan fingerprint density at radius 3 is 2.40 bits per heavy atom. The van der Waals surface area contributed by atoms with E-state index in [9.17, 15) is 8.42 Å². The van der Waals surface area contributed by atoms with Crippen molar-refractivity contribution in [1.82, 2.24) is 10.0 Å². The molecular weight excluding hydrogens is 408 g/mol. The minimum atomic E-state index is -3.49. The van der Waals surface area contributed by atoms with Gasteiger partial charge in [0, 0.05) is 21.5 Å². The van der Waals surface area contributed by atoms with Gasteiger partial charge in [-0.05, 0) is 53.5 Å². The topological polar surface area (TPSA) is 58.2 Å². The molecule has 0 aromatic heterocycles. The molecule has 1 aromatic carbocycles. The molecule has 0 saturated carbocycles. The van der Waals surface area contributed by atoms with Crippen molar-refractivity contribution >= 4 is 41.9 Å². The first-order valence-electron chi connectivity index (χ1n) is 6.42. The number of hydrogen-bond donors (Lipinski definition) is 2. The van der Waals surface area contributed by atoms with E-state index in [0.29, 0.717) is 17.1 Å². The number of nitrogens with one attached hydrogen (secondary N) is 2. The zero-order chi connectivity index (χ0) is 15.3. The molecule has 1 rings (SSSR count). The number of hydrogen-bond acceptors (Lipinski definition) is 3. The van der Waals surface area contributed by atoms with E-state index >= 15 is 0 Å². The number of benzene rings is 1. The van der Waals surface area contributed by atoms with Crippen LogP contribution >= 0.6 is 31.9 Å². The lowest BCUT2D eigenvalue weighted by Gasteiger charge is -2.11. The predicted molar refractivity (Wildman–Crippen MR) is 89.5 cm³/mol. The second-order valence-corrected chi connectivity index (χ2v) is 8.34. The normalized spacial score (nSPS) is 12.1. The predicted octanol–water partition coefficient (Wildman–Crippen LogP) is 3.19. The quantitative estimate of drug-likeness (QED) is 0.657. The van der Waals surface area contributed by atoms with Crippen LogP contribution in [0.3, 0.4) is 0 Å². The molecule has 114 valence electrons. The molecule has 0 amide bonds. The Kier molecular flexibility index (Phi) is 7.14. The van der Waals surface area contributed by atoms with Gasteiger partial charge < -0.3 is 5.32 Å². The van der Waals surface area contributed by atoms with Crippen LogP contribution in [0.15, 0.2) is 26.0 Å². The summed E-state index contributed by atoms with van der Waals surface area (Å²) in [5.41, 5.74) is 0.983. The van der Waals surface area contributed by atoms with Crippen LogP contribution < -0.4 is 10.0 Å². The molecule has 7 heteroatoms. The zero-order valence-corrected chi connectivity index (χ0v) is 15.8. The van der Waals surface area contributed by atoms with Gasteiger partial charge in [-0.15, -0.1) is 0 Å². The molecule has 1 aromatic rings. The summed E-state index contributed by atoms with van der Waals surface area (Å²) in [6.45, 7) is 7.24. The SMILES string of the molecule is Cc1cc(Br)c(S(=O)(=O)NCCCNC(C)C)cc1Br. The molecule has 0 atom stereocenters. The highest BCUT2D eigenvalue weighted by Gasteiger charge is 2.18. The maximum Gasteiger partial charge on any atom is 0.241 e. The van der Waals surface area contributed by atoms with Gasteiger partial charge in [0.05, 0.1) is 4.90 Å². The van der Waals surface area contributed by atoms with E-state index in [1.165, 1.54) is 0 Å². The minimum absolute atomic E-state index is 0.256. The van der Waals surface area contributed by atoms with Crippen LogP contribution in [0.4, 0.5) is 0 Å². The maximum atomic E-state index is 12.2. The van der Waals surface area contributed by atoms with Crippen molar-refractivity contribution in [2.45, 2.75) is 38.1 Å². The van der Waals surface area contributed by atoms with Gasteiger partial charge in [-0.1, -0.05) is 29.8 Å². The Balaban J connectivity index is 2.68. The van der Waals surface area contributed by atoms with Gasteiger partial charge in [0.25, 0.3) is 0 Å². The maximum absolute atomic E-state index is 12.2. The summed E-state index contributed by atoms with van der Waals surface area (Å²) in [6.07, 6.45) is 0.752. The summed E-state index contributed by atoms with van der Waals surface area (Å²) >= 11 is 6.67. The Labute approximate surface area is 138 Å². The summed E-state index contributed by atoms with van der Waals surface area (Å²) in [7, 11) is -3.49. The highest BCUT2D eigenvalue weighted by Crippen LogP contribution is 2.28. The molecule has 0 unspecified atom stereocenters. The average molecular weight is 428 g/mol. The van der Waals surface area contributed by atoms with Crippen LogP contribution in [0.2, 0.25) is 0 Å². The first kappa shape index (κ1) is 18.1. The lowest BCUT2D eigenvalue weighted by Crippen LogP contribution is -2.30. The number of aryl methyl sites for hydroxylation is 1. The van der Waals surface area contributed by atoms with Crippen LogP contribution in [0.25, 0.3) is 0 Å². The summed E-state index contributed by atoms with van der Waals surface area (Å²) in [6, 6.07) is 3.82. The lowest BCUT2D eigenvalue weighted by atomic mass is 10.2. The van der Waals surface area contributed by atoms with Crippen molar-refractivity contribution in [2.75, 3.05) is 13.1 Å². The van der Waals surface area contributed by atoms with Crippen molar-refractivity contribution < 1.29 is 8.42 Å². The van der Waals surface area contributed by atoms with Crippen molar-refractivity contribution in [1.29, 1.82) is 0 Å². The average Bonchev–Trinajstić information content (AvgIpc) is 2.32. The molecule has 0 saturated heterocycles. The molecule has 4 nitrogen and oxygen atoms in total. The smallest absolute Gasteiger partial charge is 0.241 e. The van der Waals surface area contributed by atoms with E-state index in [0.717, 1.165) is 23.0 Å². The Morgan fingerprint density at radius 1 is 1.15 bits per heavy atom. The highest BCUT2D eigenvalue weighted by atomic mass is 79.9. The first-order valence-corrected chi connectivity index (χ1v) is 9.49. The van der Waals surface area contributed by atoms with Crippen molar-refractivity contribution in [3.63, 3.8) is 0 Å². The highest BCUT2D eigenvalue weighted by molar-refractivity contribution is 9.11. The molecule has 0 heterocycles. The van der Waals surface area contributed by atoms with Gasteiger partial charge in [-0.2, -0.15) is 0 Å². The van der Waals surface area contributed by atoms with Gasteiger partial charge in [0.1, 0.15) is 0 Å². The van der Waals surface area contributed by atoms with Gasteiger partial charge in [0.15, 0.2) is 0 Å². The van der Waals surface area contributed by atoms with Gasteiger partial charge >= 0.3 is 0 Å². The van der Waals surface area contributed by atoms with Gasteiger partial charge in [-0.3, -0.25) is 0 Å². The summed E-state index contributed by atoms with van der Waals surface area (Å²) < 4.78 is 28.4. The van der Waals surface area contributed by atoms with E-state index in [4.69, 9.17) is 0 Å². The van der Waals surface area contributed by atoms with Crippen LogP contribution in [0.1, 0.15) is 25.8 Å². The molecule has 0 aliphatic rings. The van der Waals surface area contributed by atoms with Gasteiger partial charge in [0.2, 0.25) is 10.0 Å². The monoisotopic (exact) mass is 426 g/mol. The van der Waals surface area contributed by atoms with Crippen LogP contribution in [0.5, 0.6) is 0 Å². The largest absolute Gasteiger partial charge is 0.314 e. The van der Waals surface area contributed by atoms with E-state index in [-0.39, 0.29) is 4.90 Å². The Morgan fingerprint density at radius 2 is 1.80 bits per heavy atom. The molecule has 0 bridgehead atoms. The Hall–Kier alpha value is 0.0500. The van der Waals surface area contributed by atoms with Crippen LogP contribution in [-0.4, -0.2) is 27.5 Å². The third-order valence-corrected chi connectivity index (χ3v) is 5.97. The fraction of sp³-hybridized carbons (Fsp3) is 0.538. The molecule has 0 fully saturated rings. The molecule has 0 spiro atoms. The minimum Gasteiger partial charge on any atom is -0.314 e. The Bertz CT molecular complexity index is 560. The summed E-state index contributed by atoms with van der Waals surface area (Å²) in [5, 5.41) is 3.25. The third-order valence-electron chi connectivity index (χ3n) is 2.70. The lowest BCUT2D eigenvalue weighted by molar-refractivity contribution is 0.554. The van der Waals surface area contributed by atoms with Crippen molar-refractivity contribution in [3.05, 3.63) is 26.6 Å². The molecule has 0 aliphatic heterocycles. The fourth-order valence-electron chi connectivity index (χ4n) is 1.60. The number of halogens is 2. The first-order chi connectivity index (χ1) is 9.24. The van der Waals surface area contributed by atoms with Gasteiger partial charge in [-0.25, -0.2) is 13.1 Å². The van der Waals surface area contributed by atoms with E-state index < -0.39 is 10.0 Å². The molecular formula is C13H20Br2N2O2S. The van der Waals surface area contributed by atoms with E-state index in [2.05, 4.69) is 55.7 Å². The fourth-order valence-corrected chi connectivity index (χ4v) is 4.35. The number of sulfonamides is 1. The van der Waals surface area contributed by atoms with Crippen LogP contribution in [0, 0.1) is 6.92 Å². The zero-order valence-electron chi connectivity index (χ0n) is 11.8. The second-order valence-electron chi connectivity index (χ2n) is 4.89. The molecule has 0 radical (unpaired) electrons. The van der Waals surface area contributed by atoms with Crippen molar-refractivity contribution in [2.24, 2.45) is 0 Å².